The molecular formula is C15H11F3O2. The van der Waals surface area contributed by atoms with Crippen LogP contribution in [0.2, 0.25) is 0 Å². The molecule has 0 aliphatic carbocycles. The first kappa shape index (κ1) is 14.1. The molecule has 0 aliphatic heterocycles. The first-order valence-corrected chi connectivity index (χ1v) is 5.83. The summed E-state index contributed by atoms with van der Waals surface area (Å²) >= 11 is 0. The van der Waals surface area contributed by atoms with Crippen LogP contribution >= 0.6 is 0 Å². The standard InChI is InChI=1S/C15H11F3O2/c16-15(17,18)13-6-4-11(5-7-13)10-20-14-3-1-2-12(8-14)9-19/h1-9H,10H2. The minimum atomic E-state index is -4.34. The number of hydrogen-bond donors (Lipinski definition) is 0. The Morgan fingerprint density at radius 2 is 1.75 bits per heavy atom. The molecule has 0 saturated carbocycles. The molecule has 0 saturated heterocycles. The zero-order valence-corrected chi connectivity index (χ0v) is 10.4. The van der Waals surface area contributed by atoms with Gasteiger partial charge in [-0.1, -0.05) is 24.3 Å². The molecule has 20 heavy (non-hydrogen) atoms. The van der Waals surface area contributed by atoms with Gasteiger partial charge in [0.15, 0.2) is 0 Å². The van der Waals surface area contributed by atoms with E-state index in [4.69, 9.17) is 4.74 Å². The lowest BCUT2D eigenvalue weighted by molar-refractivity contribution is -0.137. The van der Waals surface area contributed by atoms with Gasteiger partial charge in [-0.3, -0.25) is 4.79 Å². The highest BCUT2D eigenvalue weighted by Gasteiger charge is 2.29. The number of carbonyl (C=O) groups is 1. The molecule has 0 heterocycles. The SMILES string of the molecule is O=Cc1cccc(OCc2ccc(C(F)(F)F)cc2)c1. The van der Waals surface area contributed by atoms with E-state index in [0.717, 1.165) is 12.1 Å². The van der Waals surface area contributed by atoms with Gasteiger partial charge in [0, 0.05) is 5.56 Å². The average Bonchev–Trinajstić information content (AvgIpc) is 2.45. The molecule has 0 aromatic heterocycles. The molecule has 2 aromatic rings. The second kappa shape index (κ2) is 5.77. The topological polar surface area (TPSA) is 26.3 Å². The van der Waals surface area contributed by atoms with Crippen molar-refractivity contribution in [2.75, 3.05) is 0 Å². The van der Waals surface area contributed by atoms with E-state index in [1.165, 1.54) is 12.1 Å². The lowest BCUT2D eigenvalue weighted by Gasteiger charge is -2.09. The van der Waals surface area contributed by atoms with Gasteiger partial charge in [0.25, 0.3) is 0 Å². The lowest BCUT2D eigenvalue weighted by Crippen LogP contribution is -2.05. The first-order valence-electron chi connectivity index (χ1n) is 5.83. The number of aldehydes is 1. The Bertz CT molecular complexity index is 589. The molecule has 0 atom stereocenters. The van der Waals surface area contributed by atoms with Gasteiger partial charge in [-0.2, -0.15) is 13.2 Å². The Kier molecular flexibility index (Phi) is 4.08. The third kappa shape index (κ3) is 3.60. The minimum absolute atomic E-state index is 0.139. The molecule has 0 bridgehead atoms. The maximum Gasteiger partial charge on any atom is 0.416 e. The molecule has 0 N–H and O–H groups in total. The fraction of sp³-hybridized carbons (Fsp3) is 0.133. The van der Waals surface area contributed by atoms with E-state index in [1.807, 2.05) is 0 Å². The van der Waals surface area contributed by atoms with Gasteiger partial charge in [-0.05, 0) is 29.8 Å². The first-order chi connectivity index (χ1) is 9.49. The van der Waals surface area contributed by atoms with Crippen molar-refractivity contribution in [3.8, 4) is 5.75 Å². The number of ether oxygens (including phenoxy) is 1. The summed E-state index contributed by atoms with van der Waals surface area (Å²) in [6.45, 7) is 0.139. The van der Waals surface area contributed by atoms with Crippen molar-refractivity contribution in [1.82, 2.24) is 0 Å². The summed E-state index contributed by atoms with van der Waals surface area (Å²) in [6.07, 6.45) is -3.64. The largest absolute Gasteiger partial charge is 0.489 e. The predicted molar refractivity (Wildman–Crippen MR) is 67.6 cm³/mol. The molecule has 104 valence electrons. The van der Waals surface area contributed by atoms with Crippen LogP contribution in [0.25, 0.3) is 0 Å². The maximum absolute atomic E-state index is 12.4. The maximum atomic E-state index is 12.4. The van der Waals surface area contributed by atoms with Crippen molar-refractivity contribution < 1.29 is 22.7 Å². The van der Waals surface area contributed by atoms with Gasteiger partial charge in [-0.25, -0.2) is 0 Å². The van der Waals surface area contributed by atoms with Crippen LogP contribution in [0, 0.1) is 0 Å². The summed E-state index contributed by atoms with van der Waals surface area (Å²) in [5.74, 6) is 0.495. The summed E-state index contributed by atoms with van der Waals surface area (Å²) in [4.78, 5) is 10.6. The molecule has 0 fully saturated rings. The summed E-state index contributed by atoms with van der Waals surface area (Å²) < 4.78 is 42.6. The van der Waals surface area contributed by atoms with Crippen molar-refractivity contribution in [1.29, 1.82) is 0 Å². The molecule has 2 rings (SSSR count). The number of halogens is 3. The van der Waals surface area contributed by atoms with Crippen LogP contribution in [0.4, 0.5) is 13.2 Å². The van der Waals surface area contributed by atoms with Crippen molar-refractivity contribution in [2.45, 2.75) is 12.8 Å². The highest BCUT2D eigenvalue weighted by atomic mass is 19.4. The summed E-state index contributed by atoms with van der Waals surface area (Å²) in [5.41, 5.74) is 0.411. The van der Waals surface area contributed by atoms with Gasteiger partial charge in [0.1, 0.15) is 18.6 Å². The van der Waals surface area contributed by atoms with Gasteiger partial charge in [0.05, 0.1) is 5.56 Å². The van der Waals surface area contributed by atoms with Crippen LogP contribution in [0.3, 0.4) is 0 Å². The van der Waals surface area contributed by atoms with E-state index >= 15 is 0 Å². The van der Waals surface area contributed by atoms with Gasteiger partial charge >= 0.3 is 6.18 Å². The Morgan fingerprint density at radius 3 is 2.35 bits per heavy atom. The zero-order valence-electron chi connectivity index (χ0n) is 10.4. The Balaban J connectivity index is 2.02. The number of hydrogen-bond acceptors (Lipinski definition) is 2. The quantitative estimate of drug-likeness (QED) is 0.788. The van der Waals surface area contributed by atoms with Crippen molar-refractivity contribution in [3.05, 3.63) is 65.2 Å². The van der Waals surface area contributed by atoms with Crippen LogP contribution in [-0.4, -0.2) is 6.29 Å². The number of carbonyl (C=O) groups excluding carboxylic acids is 1. The van der Waals surface area contributed by atoms with Crippen LogP contribution in [0.15, 0.2) is 48.5 Å². The fourth-order valence-corrected chi connectivity index (χ4v) is 1.63. The monoisotopic (exact) mass is 280 g/mol. The molecule has 0 unspecified atom stereocenters. The average molecular weight is 280 g/mol. The fourth-order valence-electron chi connectivity index (χ4n) is 1.63. The molecule has 0 amide bonds. The number of benzene rings is 2. The van der Waals surface area contributed by atoms with E-state index in [2.05, 4.69) is 0 Å². The Hall–Kier alpha value is -2.30. The third-order valence-corrected chi connectivity index (χ3v) is 2.68. The van der Waals surface area contributed by atoms with E-state index in [0.29, 0.717) is 23.2 Å². The van der Waals surface area contributed by atoms with Gasteiger partial charge < -0.3 is 4.74 Å². The Morgan fingerprint density at radius 1 is 1.05 bits per heavy atom. The molecule has 5 heteroatoms. The van der Waals surface area contributed by atoms with E-state index in [9.17, 15) is 18.0 Å². The van der Waals surface area contributed by atoms with Crippen molar-refractivity contribution in [2.24, 2.45) is 0 Å². The van der Waals surface area contributed by atoms with Crippen LogP contribution < -0.4 is 4.74 Å². The van der Waals surface area contributed by atoms with Crippen LogP contribution in [0.5, 0.6) is 5.75 Å². The molecule has 0 radical (unpaired) electrons. The zero-order chi connectivity index (χ0) is 14.6. The number of alkyl halides is 3. The van der Waals surface area contributed by atoms with Crippen molar-refractivity contribution in [3.63, 3.8) is 0 Å². The van der Waals surface area contributed by atoms with E-state index in [1.54, 1.807) is 24.3 Å². The van der Waals surface area contributed by atoms with E-state index < -0.39 is 11.7 Å². The summed E-state index contributed by atoms with van der Waals surface area (Å²) in [7, 11) is 0. The lowest BCUT2D eigenvalue weighted by atomic mass is 10.1. The molecule has 0 aliphatic rings. The Labute approximate surface area is 113 Å². The second-order valence-electron chi connectivity index (χ2n) is 4.17. The normalized spacial score (nSPS) is 11.2. The summed E-state index contributed by atoms with van der Waals surface area (Å²) in [5, 5.41) is 0. The van der Waals surface area contributed by atoms with E-state index in [-0.39, 0.29) is 6.61 Å². The molecule has 2 aromatic carbocycles. The predicted octanol–water partition coefficient (Wildman–Crippen LogP) is 4.10. The molecule has 2 nitrogen and oxygen atoms in total. The summed E-state index contributed by atoms with van der Waals surface area (Å²) in [6, 6.07) is 11.3. The highest BCUT2D eigenvalue weighted by molar-refractivity contribution is 5.75. The second-order valence-corrected chi connectivity index (χ2v) is 4.17. The highest BCUT2D eigenvalue weighted by Crippen LogP contribution is 2.29. The third-order valence-electron chi connectivity index (χ3n) is 2.68. The van der Waals surface area contributed by atoms with Gasteiger partial charge in [0.2, 0.25) is 0 Å². The van der Waals surface area contributed by atoms with Crippen LogP contribution in [0.1, 0.15) is 21.5 Å². The van der Waals surface area contributed by atoms with Crippen LogP contribution in [-0.2, 0) is 12.8 Å². The minimum Gasteiger partial charge on any atom is -0.489 e. The molecular weight excluding hydrogens is 269 g/mol. The smallest absolute Gasteiger partial charge is 0.416 e. The van der Waals surface area contributed by atoms with Crippen molar-refractivity contribution >= 4 is 6.29 Å². The van der Waals surface area contributed by atoms with Gasteiger partial charge in [-0.15, -0.1) is 0 Å². The molecule has 0 spiro atoms. The number of rotatable bonds is 4.